The number of aliphatic carboxylic acids is 1. The van der Waals surface area contributed by atoms with Gasteiger partial charge in [0, 0.05) is 5.57 Å². The molecule has 0 saturated heterocycles. The monoisotopic (exact) mass is 278 g/mol. The molecule has 0 saturated carbocycles. The molecule has 1 aromatic carbocycles. The van der Waals surface area contributed by atoms with Crippen molar-refractivity contribution in [3.63, 3.8) is 0 Å². The van der Waals surface area contributed by atoms with Crippen LogP contribution in [-0.2, 0) is 14.4 Å². The van der Waals surface area contributed by atoms with Gasteiger partial charge in [-0.25, -0.2) is 9.59 Å². The van der Waals surface area contributed by atoms with E-state index in [1.807, 2.05) is 0 Å². The summed E-state index contributed by atoms with van der Waals surface area (Å²) in [6.45, 7) is 4.97. The van der Waals surface area contributed by atoms with E-state index in [0.717, 1.165) is 0 Å². The van der Waals surface area contributed by atoms with Crippen LogP contribution < -0.4 is 9.47 Å². The molecule has 0 radical (unpaired) electrons. The molecule has 0 aliphatic carbocycles. The molecule has 1 aromatic rings. The third-order valence-electron chi connectivity index (χ3n) is 2.25. The van der Waals surface area contributed by atoms with Crippen LogP contribution in [0.25, 0.3) is 0 Å². The zero-order valence-corrected chi connectivity index (χ0v) is 10.9. The first kappa shape index (κ1) is 15.4. The van der Waals surface area contributed by atoms with Crippen LogP contribution in [0.4, 0.5) is 0 Å². The number of benzene rings is 1. The Kier molecular flexibility index (Phi) is 5.46. The molecular weight excluding hydrogens is 264 g/mol. The van der Waals surface area contributed by atoms with Gasteiger partial charge in [-0.1, -0.05) is 6.58 Å². The normalized spacial score (nSPS) is 11.2. The van der Waals surface area contributed by atoms with E-state index in [0.29, 0.717) is 6.29 Å². The summed E-state index contributed by atoms with van der Waals surface area (Å²) < 4.78 is 10.1. The second-order valence-corrected chi connectivity index (χ2v) is 3.99. The van der Waals surface area contributed by atoms with Gasteiger partial charge < -0.3 is 19.4 Å². The predicted molar refractivity (Wildman–Crippen MR) is 69.6 cm³/mol. The molecular formula is C14H14O6. The lowest BCUT2D eigenvalue weighted by atomic mass is 10.2. The number of ether oxygens (including phenoxy) is 2. The molecule has 0 heterocycles. The summed E-state index contributed by atoms with van der Waals surface area (Å²) in [5.41, 5.74) is 0.266. The second kappa shape index (κ2) is 7.08. The number of esters is 1. The van der Waals surface area contributed by atoms with Gasteiger partial charge >= 0.3 is 11.9 Å². The van der Waals surface area contributed by atoms with Crippen LogP contribution in [0.1, 0.15) is 13.3 Å². The smallest absolute Gasteiger partial charge is 0.345 e. The third-order valence-corrected chi connectivity index (χ3v) is 2.25. The van der Waals surface area contributed by atoms with Gasteiger partial charge in [-0.05, 0) is 31.2 Å². The highest BCUT2D eigenvalue weighted by Crippen LogP contribution is 2.19. The molecule has 1 atom stereocenters. The Morgan fingerprint density at radius 3 is 2.30 bits per heavy atom. The minimum absolute atomic E-state index is 0.248. The fraction of sp³-hybridized carbons (Fsp3) is 0.214. The number of carboxylic acids is 1. The van der Waals surface area contributed by atoms with E-state index in [1.54, 1.807) is 0 Å². The van der Waals surface area contributed by atoms with Crippen molar-refractivity contribution < 1.29 is 29.0 Å². The van der Waals surface area contributed by atoms with Crippen molar-refractivity contribution >= 4 is 18.2 Å². The maximum atomic E-state index is 11.3. The minimum Gasteiger partial charge on any atom is -0.478 e. The van der Waals surface area contributed by atoms with E-state index in [-0.39, 0.29) is 23.5 Å². The summed E-state index contributed by atoms with van der Waals surface area (Å²) in [5.74, 6) is -1.24. The number of rotatable bonds is 7. The predicted octanol–water partition coefficient (Wildman–Crippen LogP) is 1.59. The van der Waals surface area contributed by atoms with Crippen molar-refractivity contribution in [2.45, 2.75) is 19.4 Å². The van der Waals surface area contributed by atoms with Crippen LogP contribution in [-0.4, -0.2) is 29.4 Å². The summed E-state index contributed by atoms with van der Waals surface area (Å²) in [7, 11) is 0. The Balaban J connectivity index is 2.70. The zero-order chi connectivity index (χ0) is 15.1. The summed E-state index contributed by atoms with van der Waals surface area (Å²) in [5, 5.41) is 8.84. The van der Waals surface area contributed by atoms with E-state index in [9.17, 15) is 14.4 Å². The second-order valence-electron chi connectivity index (χ2n) is 3.99. The maximum Gasteiger partial charge on any atom is 0.345 e. The molecule has 0 amide bonds. The molecule has 6 nitrogen and oxygen atoms in total. The fourth-order valence-electron chi connectivity index (χ4n) is 1.23. The standard InChI is InChI=1S/C14H14O6/c1-9(2)14(18)20-11-5-3-10(4-6-11)19-12(7-8-15)13(16)17/h3-6,8,12H,1,7H2,2H3,(H,16,17). The van der Waals surface area contributed by atoms with Crippen molar-refractivity contribution in [3.8, 4) is 11.5 Å². The van der Waals surface area contributed by atoms with Crippen LogP contribution in [0.15, 0.2) is 36.4 Å². The number of hydrogen-bond acceptors (Lipinski definition) is 5. The Morgan fingerprint density at radius 1 is 1.30 bits per heavy atom. The molecule has 106 valence electrons. The van der Waals surface area contributed by atoms with Gasteiger partial charge in [-0.15, -0.1) is 0 Å². The maximum absolute atomic E-state index is 11.3. The number of carbonyl (C=O) groups is 3. The zero-order valence-electron chi connectivity index (χ0n) is 10.9. The fourth-order valence-corrected chi connectivity index (χ4v) is 1.23. The van der Waals surface area contributed by atoms with Crippen LogP contribution >= 0.6 is 0 Å². The largest absolute Gasteiger partial charge is 0.478 e. The van der Waals surface area contributed by atoms with Crippen molar-refractivity contribution in [1.29, 1.82) is 0 Å². The Bertz CT molecular complexity index is 517. The van der Waals surface area contributed by atoms with Gasteiger partial charge in [0.1, 0.15) is 17.8 Å². The lowest BCUT2D eigenvalue weighted by Crippen LogP contribution is -2.27. The molecule has 1 unspecified atom stereocenters. The van der Waals surface area contributed by atoms with Gasteiger partial charge in [0.25, 0.3) is 0 Å². The lowest BCUT2D eigenvalue weighted by molar-refractivity contribution is -0.146. The number of carboxylic acid groups (broad SMARTS) is 1. The molecule has 20 heavy (non-hydrogen) atoms. The molecule has 1 rings (SSSR count). The first-order chi connectivity index (χ1) is 9.43. The van der Waals surface area contributed by atoms with Crippen LogP contribution in [0.5, 0.6) is 11.5 Å². The lowest BCUT2D eigenvalue weighted by Gasteiger charge is -2.12. The number of hydrogen-bond donors (Lipinski definition) is 1. The van der Waals surface area contributed by atoms with E-state index >= 15 is 0 Å². The first-order valence-corrected chi connectivity index (χ1v) is 5.75. The van der Waals surface area contributed by atoms with Gasteiger partial charge in [-0.3, -0.25) is 0 Å². The summed E-state index contributed by atoms with van der Waals surface area (Å²) in [6.07, 6.45) is -1.01. The van der Waals surface area contributed by atoms with Crippen molar-refractivity contribution in [2.75, 3.05) is 0 Å². The van der Waals surface area contributed by atoms with Crippen molar-refractivity contribution in [1.82, 2.24) is 0 Å². The Morgan fingerprint density at radius 2 is 1.85 bits per heavy atom. The van der Waals surface area contributed by atoms with Crippen LogP contribution in [0.2, 0.25) is 0 Å². The van der Waals surface area contributed by atoms with Crippen LogP contribution in [0, 0.1) is 0 Å². The summed E-state index contributed by atoms with van der Waals surface area (Å²) in [6, 6.07) is 5.80. The van der Waals surface area contributed by atoms with E-state index in [4.69, 9.17) is 14.6 Å². The van der Waals surface area contributed by atoms with Crippen molar-refractivity contribution in [2.24, 2.45) is 0 Å². The van der Waals surface area contributed by atoms with Gasteiger partial charge in [0.2, 0.25) is 6.10 Å². The molecule has 6 heteroatoms. The number of aldehydes is 1. The molecule has 0 spiro atoms. The van der Waals surface area contributed by atoms with Gasteiger partial charge in [0.05, 0.1) is 6.42 Å². The molecule has 0 aliphatic heterocycles. The first-order valence-electron chi connectivity index (χ1n) is 5.75. The SMILES string of the molecule is C=C(C)C(=O)Oc1ccc(OC(CC=O)C(=O)O)cc1. The van der Waals surface area contributed by atoms with E-state index in [2.05, 4.69) is 6.58 Å². The Labute approximate surface area is 115 Å². The molecule has 0 fully saturated rings. The quantitative estimate of drug-likeness (QED) is 0.352. The van der Waals surface area contributed by atoms with E-state index < -0.39 is 18.0 Å². The molecule has 0 aromatic heterocycles. The van der Waals surface area contributed by atoms with Gasteiger partial charge in [0.15, 0.2) is 0 Å². The van der Waals surface area contributed by atoms with Gasteiger partial charge in [-0.2, -0.15) is 0 Å². The van der Waals surface area contributed by atoms with Crippen molar-refractivity contribution in [3.05, 3.63) is 36.4 Å². The molecule has 1 N–H and O–H groups in total. The highest BCUT2D eigenvalue weighted by molar-refractivity contribution is 5.88. The summed E-state index contributed by atoms with van der Waals surface area (Å²) in [4.78, 5) is 32.4. The molecule has 0 aliphatic rings. The minimum atomic E-state index is -1.24. The molecule has 0 bridgehead atoms. The van der Waals surface area contributed by atoms with E-state index in [1.165, 1.54) is 31.2 Å². The number of carbonyl (C=O) groups excluding carboxylic acids is 2. The average molecular weight is 278 g/mol. The highest BCUT2D eigenvalue weighted by atomic mass is 16.5. The summed E-state index contributed by atoms with van der Waals surface area (Å²) >= 11 is 0. The highest BCUT2D eigenvalue weighted by Gasteiger charge is 2.18. The average Bonchev–Trinajstić information content (AvgIpc) is 2.40. The third kappa shape index (κ3) is 4.56. The Hall–Kier alpha value is -2.63. The topological polar surface area (TPSA) is 89.9 Å². The van der Waals surface area contributed by atoms with Crippen LogP contribution in [0.3, 0.4) is 0 Å².